The van der Waals surface area contributed by atoms with Gasteiger partial charge in [0.25, 0.3) is 5.91 Å². The summed E-state index contributed by atoms with van der Waals surface area (Å²) in [7, 11) is 1.64. The van der Waals surface area contributed by atoms with Gasteiger partial charge >= 0.3 is 0 Å². The molecule has 3 aromatic rings. The summed E-state index contributed by atoms with van der Waals surface area (Å²) in [5, 5.41) is 0.895. The van der Waals surface area contributed by atoms with Crippen molar-refractivity contribution in [3.8, 4) is 11.4 Å². The Morgan fingerprint density at radius 2 is 1.92 bits per heavy atom. The zero-order valence-electron chi connectivity index (χ0n) is 14.6. The van der Waals surface area contributed by atoms with Crippen LogP contribution >= 0.6 is 0 Å². The molecular weight excluding hydrogens is 333 g/mol. The van der Waals surface area contributed by atoms with Gasteiger partial charge in [0.15, 0.2) is 0 Å². The second-order valence-corrected chi connectivity index (χ2v) is 6.49. The van der Waals surface area contributed by atoms with Gasteiger partial charge in [-0.2, -0.15) is 0 Å². The SMILES string of the molecule is COc1ccc(-n2ccc3cc(C(=O)N4CCC(F)CC4)cnc32)cc1. The molecule has 1 fully saturated rings. The Balaban J connectivity index is 1.61. The molecule has 1 aliphatic heterocycles. The van der Waals surface area contributed by atoms with Crippen LogP contribution in [0.5, 0.6) is 5.75 Å². The van der Waals surface area contributed by atoms with Crippen LogP contribution in [0.3, 0.4) is 0 Å². The highest BCUT2D eigenvalue weighted by Gasteiger charge is 2.23. The van der Waals surface area contributed by atoms with Crippen molar-refractivity contribution in [1.82, 2.24) is 14.5 Å². The largest absolute Gasteiger partial charge is 0.497 e. The van der Waals surface area contributed by atoms with E-state index in [1.165, 1.54) is 0 Å². The first-order valence-electron chi connectivity index (χ1n) is 8.70. The number of hydrogen-bond acceptors (Lipinski definition) is 3. The maximum Gasteiger partial charge on any atom is 0.255 e. The molecule has 1 amide bonds. The fourth-order valence-electron chi connectivity index (χ4n) is 3.33. The minimum Gasteiger partial charge on any atom is -0.497 e. The summed E-state index contributed by atoms with van der Waals surface area (Å²) in [5.74, 6) is 0.714. The third-order valence-corrected chi connectivity index (χ3v) is 4.84. The molecule has 134 valence electrons. The van der Waals surface area contributed by atoms with Crippen molar-refractivity contribution in [2.24, 2.45) is 0 Å². The van der Waals surface area contributed by atoms with Gasteiger partial charge in [-0.25, -0.2) is 9.37 Å². The first kappa shape index (κ1) is 16.6. The monoisotopic (exact) mass is 353 g/mol. The summed E-state index contributed by atoms with van der Waals surface area (Å²) in [6.45, 7) is 0.926. The summed E-state index contributed by atoms with van der Waals surface area (Å²) in [4.78, 5) is 18.8. The zero-order chi connectivity index (χ0) is 18.1. The molecule has 5 nitrogen and oxygen atoms in total. The van der Waals surface area contributed by atoms with Gasteiger partial charge in [-0.3, -0.25) is 4.79 Å². The minimum absolute atomic E-state index is 0.0801. The lowest BCUT2D eigenvalue weighted by atomic mass is 10.1. The van der Waals surface area contributed by atoms with Crippen LogP contribution in [0.15, 0.2) is 48.8 Å². The van der Waals surface area contributed by atoms with E-state index in [0.717, 1.165) is 22.5 Å². The maximum atomic E-state index is 13.3. The summed E-state index contributed by atoms with van der Waals surface area (Å²) >= 11 is 0. The van der Waals surface area contributed by atoms with Crippen molar-refractivity contribution in [2.75, 3.05) is 20.2 Å². The molecule has 0 saturated carbocycles. The Bertz CT molecular complexity index is 928. The van der Waals surface area contributed by atoms with Crippen LogP contribution in [0.2, 0.25) is 0 Å². The van der Waals surface area contributed by atoms with Gasteiger partial charge in [-0.15, -0.1) is 0 Å². The number of pyridine rings is 1. The molecular formula is C20H20FN3O2. The number of piperidine rings is 1. The van der Waals surface area contributed by atoms with E-state index >= 15 is 0 Å². The number of methoxy groups -OCH3 is 1. The molecule has 0 aliphatic carbocycles. The molecule has 1 aromatic carbocycles. The second kappa shape index (κ2) is 6.78. The fraction of sp³-hybridized carbons (Fsp3) is 0.300. The Morgan fingerprint density at radius 3 is 2.62 bits per heavy atom. The van der Waals surface area contributed by atoms with Crippen LogP contribution in [0.1, 0.15) is 23.2 Å². The summed E-state index contributed by atoms with van der Waals surface area (Å²) in [5.41, 5.74) is 2.30. The van der Waals surface area contributed by atoms with Gasteiger partial charge in [0.1, 0.15) is 17.6 Å². The molecule has 26 heavy (non-hydrogen) atoms. The Hall–Kier alpha value is -2.89. The van der Waals surface area contributed by atoms with Gasteiger partial charge in [0.2, 0.25) is 0 Å². The van der Waals surface area contributed by atoms with Crippen molar-refractivity contribution in [3.63, 3.8) is 0 Å². The quantitative estimate of drug-likeness (QED) is 0.723. The number of carbonyl (C=O) groups is 1. The Morgan fingerprint density at radius 1 is 1.19 bits per heavy atom. The molecule has 6 heteroatoms. The maximum absolute atomic E-state index is 13.3. The fourth-order valence-corrected chi connectivity index (χ4v) is 3.33. The van der Waals surface area contributed by atoms with E-state index in [1.54, 1.807) is 18.2 Å². The van der Waals surface area contributed by atoms with Crippen molar-refractivity contribution in [3.05, 3.63) is 54.4 Å². The average molecular weight is 353 g/mol. The van der Waals surface area contributed by atoms with E-state index in [2.05, 4.69) is 4.98 Å². The number of carbonyl (C=O) groups excluding carboxylic acids is 1. The van der Waals surface area contributed by atoms with Crippen LogP contribution in [0.25, 0.3) is 16.7 Å². The average Bonchev–Trinajstić information content (AvgIpc) is 3.11. The number of benzene rings is 1. The van der Waals surface area contributed by atoms with Crippen LogP contribution in [0, 0.1) is 0 Å². The van der Waals surface area contributed by atoms with Gasteiger partial charge in [0.05, 0.1) is 12.7 Å². The molecule has 0 unspecified atom stereocenters. The van der Waals surface area contributed by atoms with E-state index < -0.39 is 6.17 Å². The Kier molecular flexibility index (Phi) is 4.32. The number of fused-ring (bicyclic) bond motifs is 1. The number of aromatic nitrogens is 2. The third-order valence-electron chi connectivity index (χ3n) is 4.84. The van der Waals surface area contributed by atoms with E-state index in [-0.39, 0.29) is 5.91 Å². The standard InChI is InChI=1S/C20H20FN3O2/c1-26-18-4-2-17(3-5-18)24-11-6-14-12-15(13-22-19(14)24)20(25)23-9-7-16(21)8-10-23/h2-6,11-13,16H,7-10H2,1H3. The molecule has 1 saturated heterocycles. The summed E-state index contributed by atoms with van der Waals surface area (Å²) < 4.78 is 20.4. The van der Waals surface area contributed by atoms with E-state index in [9.17, 15) is 9.18 Å². The molecule has 0 spiro atoms. The molecule has 0 radical (unpaired) electrons. The predicted molar refractivity (Wildman–Crippen MR) is 97.7 cm³/mol. The molecule has 0 atom stereocenters. The summed E-state index contributed by atoms with van der Waals surface area (Å²) in [6, 6.07) is 11.5. The molecule has 4 rings (SSSR count). The van der Waals surface area contributed by atoms with E-state index in [4.69, 9.17) is 4.74 Å². The van der Waals surface area contributed by atoms with Crippen LogP contribution in [-0.2, 0) is 0 Å². The highest BCUT2D eigenvalue weighted by Crippen LogP contribution is 2.23. The number of amides is 1. The van der Waals surface area contributed by atoms with Gasteiger partial charge < -0.3 is 14.2 Å². The first-order valence-corrected chi connectivity index (χ1v) is 8.70. The van der Waals surface area contributed by atoms with Crippen LogP contribution < -0.4 is 4.74 Å². The minimum atomic E-state index is -0.793. The number of ether oxygens (including phenoxy) is 1. The lowest BCUT2D eigenvalue weighted by Crippen LogP contribution is -2.39. The van der Waals surface area contributed by atoms with Crippen molar-refractivity contribution >= 4 is 16.9 Å². The van der Waals surface area contributed by atoms with Crippen LogP contribution in [0.4, 0.5) is 4.39 Å². The van der Waals surface area contributed by atoms with Gasteiger partial charge in [-0.05, 0) is 49.2 Å². The van der Waals surface area contributed by atoms with E-state index in [0.29, 0.717) is 31.5 Å². The van der Waals surface area contributed by atoms with Gasteiger partial charge in [0, 0.05) is 36.6 Å². The first-order chi connectivity index (χ1) is 12.7. The smallest absolute Gasteiger partial charge is 0.255 e. The van der Waals surface area contributed by atoms with E-state index in [1.807, 2.05) is 47.2 Å². The number of alkyl halides is 1. The number of halogens is 1. The molecule has 3 heterocycles. The molecule has 2 aromatic heterocycles. The van der Waals surface area contributed by atoms with Crippen molar-refractivity contribution in [1.29, 1.82) is 0 Å². The third kappa shape index (κ3) is 3.03. The van der Waals surface area contributed by atoms with Gasteiger partial charge in [-0.1, -0.05) is 0 Å². The zero-order valence-corrected chi connectivity index (χ0v) is 14.6. The number of nitrogens with zero attached hydrogens (tertiary/aromatic N) is 3. The Labute approximate surface area is 151 Å². The van der Waals surface area contributed by atoms with Crippen molar-refractivity contribution < 1.29 is 13.9 Å². The molecule has 1 aliphatic rings. The lowest BCUT2D eigenvalue weighted by Gasteiger charge is -2.28. The lowest BCUT2D eigenvalue weighted by molar-refractivity contribution is 0.0667. The second-order valence-electron chi connectivity index (χ2n) is 6.49. The normalized spacial score (nSPS) is 15.4. The highest BCUT2D eigenvalue weighted by molar-refractivity contribution is 5.97. The number of rotatable bonds is 3. The predicted octanol–water partition coefficient (Wildman–Crippen LogP) is 3.61. The number of likely N-dealkylation sites (tertiary alicyclic amines) is 1. The topological polar surface area (TPSA) is 47.4 Å². The van der Waals surface area contributed by atoms with Crippen molar-refractivity contribution in [2.45, 2.75) is 19.0 Å². The van der Waals surface area contributed by atoms with Crippen LogP contribution in [-0.4, -0.2) is 46.7 Å². The molecule has 0 N–H and O–H groups in total. The highest BCUT2D eigenvalue weighted by atomic mass is 19.1. The molecule has 0 bridgehead atoms. The summed E-state index contributed by atoms with van der Waals surface area (Å²) in [6.07, 6.45) is 3.57. The number of hydrogen-bond donors (Lipinski definition) is 0.